The fourth-order valence-corrected chi connectivity index (χ4v) is 2.85. The van der Waals surface area contributed by atoms with Gasteiger partial charge in [-0.05, 0) is 37.1 Å². The summed E-state index contributed by atoms with van der Waals surface area (Å²) in [7, 11) is 1.62. The summed E-state index contributed by atoms with van der Waals surface area (Å²) in [6.45, 7) is 3.87. The fourth-order valence-electron chi connectivity index (χ4n) is 2.85. The van der Waals surface area contributed by atoms with Crippen molar-refractivity contribution in [1.29, 1.82) is 0 Å². The predicted molar refractivity (Wildman–Crippen MR) is 85.6 cm³/mol. The summed E-state index contributed by atoms with van der Waals surface area (Å²) in [4.78, 5) is 12.5. The number of carbonyl (C=O) groups excluding carboxylic acids is 1. The van der Waals surface area contributed by atoms with Crippen molar-refractivity contribution in [2.24, 2.45) is 0 Å². The summed E-state index contributed by atoms with van der Waals surface area (Å²) < 4.78 is 11.5. The van der Waals surface area contributed by atoms with Crippen LogP contribution in [0.4, 0.5) is 5.69 Å². The van der Waals surface area contributed by atoms with Gasteiger partial charge in [0.2, 0.25) is 0 Å². The molecule has 1 heterocycles. The standard InChI is InChI=1S/C18H19NO3/c1-10-11(2)18-13(8-14(10)19)15(20)9-17(22-18)12-6-4-5-7-16(12)21-3/h4-8,17H,9,19H2,1-3H3. The molecule has 2 aromatic rings. The highest BCUT2D eigenvalue weighted by atomic mass is 16.5. The maximum absolute atomic E-state index is 12.5. The summed E-state index contributed by atoms with van der Waals surface area (Å²) in [6, 6.07) is 9.35. The normalized spacial score (nSPS) is 16.9. The molecule has 0 aromatic heterocycles. The number of methoxy groups -OCH3 is 1. The number of fused-ring (bicyclic) bond motifs is 1. The van der Waals surface area contributed by atoms with Gasteiger partial charge in [-0.25, -0.2) is 0 Å². The number of nitrogen functional groups attached to an aromatic ring is 1. The van der Waals surface area contributed by atoms with Crippen LogP contribution in [0.2, 0.25) is 0 Å². The number of nitrogens with two attached hydrogens (primary N) is 1. The monoisotopic (exact) mass is 297 g/mol. The second-order valence-corrected chi connectivity index (χ2v) is 5.57. The molecule has 0 amide bonds. The number of Topliss-reactive ketones (excluding diaryl/α,β-unsaturated/α-hetero) is 1. The number of hydrogen-bond acceptors (Lipinski definition) is 4. The zero-order valence-corrected chi connectivity index (χ0v) is 13.0. The SMILES string of the molecule is COc1ccccc1C1CC(=O)c2cc(N)c(C)c(C)c2O1. The van der Waals surface area contributed by atoms with E-state index in [0.29, 0.717) is 17.0 Å². The van der Waals surface area contributed by atoms with Crippen molar-refractivity contribution in [3.05, 3.63) is 52.6 Å². The van der Waals surface area contributed by atoms with Gasteiger partial charge in [-0.2, -0.15) is 0 Å². The highest BCUT2D eigenvalue weighted by Gasteiger charge is 2.31. The molecule has 0 spiro atoms. The Labute approximate surface area is 129 Å². The number of anilines is 1. The van der Waals surface area contributed by atoms with Crippen LogP contribution in [-0.4, -0.2) is 12.9 Å². The number of ketones is 1. The average molecular weight is 297 g/mol. The molecule has 1 aliphatic rings. The van der Waals surface area contributed by atoms with Crippen molar-refractivity contribution < 1.29 is 14.3 Å². The first-order valence-electron chi connectivity index (χ1n) is 7.25. The molecular formula is C18H19NO3. The van der Waals surface area contributed by atoms with Crippen LogP contribution in [0.5, 0.6) is 11.5 Å². The lowest BCUT2D eigenvalue weighted by molar-refractivity contribution is 0.0845. The molecule has 1 atom stereocenters. The van der Waals surface area contributed by atoms with Crippen molar-refractivity contribution in [1.82, 2.24) is 0 Å². The van der Waals surface area contributed by atoms with Gasteiger partial charge in [0.25, 0.3) is 0 Å². The van der Waals surface area contributed by atoms with Gasteiger partial charge in [0, 0.05) is 11.3 Å². The Morgan fingerprint density at radius 3 is 2.68 bits per heavy atom. The van der Waals surface area contributed by atoms with E-state index in [1.165, 1.54) is 0 Å². The molecule has 1 aliphatic heterocycles. The lowest BCUT2D eigenvalue weighted by Crippen LogP contribution is -2.22. The van der Waals surface area contributed by atoms with Crippen LogP contribution in [0.15, 0.2) is 30.3 Å². The van der Waals surface area contributed by atoms with Gasteiger partial charge in [-0.1, -0.05) is 18.2 Å². The van der Waals surface area contributed by atoms with Crippen molar-refractivity contribution in [3.63, 3.8) is 0 Å². The van der Waals surface area contributed by atoms with Gasteiger partial charge in [-0.3, -0.25) is 4.79 Å². The van der Waals surface area contributed by atoms with Gasteiger partial charge in [0.15, 0.2) is 5.78 Å². The van der Waals surface area contributed by atoms with E-state index in [9.17, 15) is 4.79 Å². The molecular weight excluding hydrogens is 278 g/mol. The van der Waals surface area contributed by atoms with Gasteiger partial charge < -0.3 is 15.2 Å². The largest absolute Gasteiger partial charge is 0.496 e. The third-order valence-electron chi connectivity index (χ3n) is 4.30. The smallest absolute Gasteiger partial charge is 0.170 e. The van der Waals surface area contributed by atoms with Gasteiger partial charge >= 0.3 is 0 Å². The Hall–Kier alpha value is -2.49. The van der Waals surface area contributed by atoms with Crippen LogP contribution in [0, 0.1) is 13.8 Å². The number of ether oxygens (including phenoxy) is 2. The quantitative estimate of drug-likeness (QED) is 0.860. The van der Waals surface area contributed by atoms with Crippen molar-refractivity contribution in [2.45, 2.75) is 26.4 Å². The minimum atomic E-state index is -0.335. The lowest BCUT2D eigenvalue weighted by Gasteiger charge is -2.28. The van der Waals surface area contributed by atoms with Crippen LogP contribution in [-0.2, 0) is 0 Å². The molecule has 1 unspecified atom stereocenters. The van der Waals surface area contributed by atoms with E-state index in [-0.39, 0.29) is 18.3 Å². The Balaban J connectivity index is 2.08. The predicted octanol–water partition coefficient (Wildman–Crippen LogP) is 3.60. The van der Waals surface area contributed by atoms with Crippen LogP contribution in [0.25, 0.3) is 0 Å². The van der Waals surface area contributed by atoms with E-state index in [2.05, 4.69) is 0 Å². The summed E-state index contributed by atoms with van der Waals surface area (Å²) in [5, 5.41) is 0. The maximum Gasteiger partial charge on any atom is 0.170 e. The molecule has 0 fully saturated rings. The third kappa shape index (κ3) is 2.21. The first kappa shape index (κ1) is 14.4. The molecule has 0 saturated carbocycles. The van der Waals surface area contributed by atoms with Crippen LogP contribution in [0.3, 0.4) is 0 Å². The molecule has 4 heteroatoms. The van der Waals surface area contributed by atoms with E-state index in [0.717, 1.165) is 22.4 Å². The van der Waals surface area contributed by atoms with Gasteiger partial charge in [-0.15, -0.1) is 0 Å². The molecule has 0 radical (unpaired) electrons. The van der Waals surface area contributed by atoms with E-state index < -0.39 is 0 Å². The molecule has 2 N–H and O–H groups in total. The van der Waals surface area contributed by atoms with Crippen molar-refractivity contribution in [3.8, 4) is 11.5 Å². The molecule has 0 aliphatic carbocycles. The number of carbonyl (C=O) groups is 1. The average Bonchev–Trinajstić information content (AvgIpc) is 2.53. The maximum atomic E-state index is 12.5. The molecule has 0 saturated heterocycles. The second-order valence-electron chi connectivity index (χ2n) is 5.57. The zero-order valence-electron chi connectivity index (χ0n) is 13.0. The van der Waals surface area contributed by atoms with Crippen LogP contribution in [0.1, 0.15) is 39.6 Å². The minimum Gasteiger partial charge on any atom is -0.496 e. The zero-order chi connectivity index (χ0) is 15.9. The van der Waals surface area contributed by atoms with Gasteiger partial charge in [0.1, 0.15) is 17.6 Å². The summed E-state index contributed by atoms with van der Waals surface area (Å²) in [5.41, 5.74) is 9.93. The fraction of sp³-hybridized carbons (Fsp3) is 0.278. The third-order valence-corrected chi connectivity index (χ3v) is 4.30. The topological polar surface area (TPSA) is 61.5 Å². The van der Waals surface area contributed by atoms with E-state index >= 15 is 0 Å². The van der Waals surface area contributed by atoms with Crippen LogP contribution < -0.4 is 15.2 Å². The van der Waals surface area contributed by atoms with E-state index in [1.807, 2.05) is 38.1 Å². The van der Waals surface area contributed by atoms with Crippen molar-refractivity contribution in [2.75, 3.05) is 12.8 Å². The lowest BCUT2D eigenvalue weighted by atomic mass is 9.92. The van der Waals surface area contributed by atoms with Crippen LogP contribution >= 0.6 is 0 Å². The van der Waals surface area contributed by atoms with Gasteiger partial charge in [0.05, 0.1) is 19.1 Å². The number of benzene rings is 2. The highest BCUT2D eigenvalue weighted by molar-refractivity contribution is 6.01. The molecule has 114 valence electrons. The summed E-state index contributed by atoms with van der Waals surface area (Å²) in [6.07, 6.45) is -0.0483. The Kier molecular flexibility index (Phi) is 3.53. The molecule has 0 bridgehead atoms. The molecule has 4 nitrogen and oxygen atoms in total. The minimum absolute atomic E-state index is 0.0481. The molecule has 2 aromatic carbocycles. The first-order chi connectivity index (χ1) is 10.5. The number of para-hydroxylation sites is 1. The summed E-state index contributed by atoms with van der Waals surface area (Å²) >= 11 is 0. The molecule has 3 rings (SSSR count). The summed E-state index contributed by atoms with van der Waals surface area (Å²) in [5.74, 6) is 1.42. The molecule has 22 heavy (non-hydrogen) atoms. The number of rotatable bonds is 2. The first-order valence-corrected chi connectivity index (χ1v) is 7.25. The highest BCUT2D eigenvalue weighted by Crippen LogP contribution is 2.41. The Morgan fingerprint density at radius 2 is 1.95 bits per heavy atom. The van der Waals surface area contributed by atoms with E-state index in [4.69, 9.17) is 15.2 Å². The van der Waals surface area contributed by atoms with Crippen molar-refractivity contribution >= 4 is 11.5 Å². The second kappa shape index (κ2) is 5.37. The Bertz CT molecular complexity index is 752. The Morgan fingerprint density at radius 1 is 1.23 bits per heavy atom. The van der Waals surface area contributed by atoms with E-state index in [1.54, 1.807) is 13.2 Å². The number of hydrogen-bond donors (Lipinski definition) is 1.